The molecule has 0 radical (unpaired) electrons. The van der Waals surface area contributed by atoms with E-state index in [4.69, 9.17) is 4.74 Å². The summed E-state index contributed by atoms with van der Waals surface area (Å²) in [5.74, 6) is 1.78. The van der Waals surface area contributed by atoms with Crippen LogP contribution in [-0.4, -0.2) is 24.0 Å². The first-order valence-corrected chi connectivity index (χ1v) is 10.5. The lowest BCUT2D eigenvalue weighted by molar-refractivity contribution is 0.211. The summed E-state index contributed by atoms with van der Waals surface area (Å²) in [4.78, 5) is 2.54. The highest BCUT2D eigenvalue weighted by molar-refractivity contribution is 5.48. The van der Waals surface area contributed by atoms with Crippen molar-refractivity contribution < 1.29 is 4.74 Å². The number of hydrogen-bond donors (Lipinski definition) is 1. The molecule has 0 amide bonds. The fourth-order valence-corrected chi connectivity index (χ4v) is 3.89. The normalized spacial score (nSPS) is 15.2. The second-order valence-corrected chi connectivity index (χ2v) is 8.06. The van der Waals surface area contributed by atoms with E-state index < -0.39 is 0 Å². The van der Waals surface area contributed by atoms with Crippen LogP contribution in [0.3, 0.4) is 0 Å². The quantitative estimate of drug-likeness (QED) is 0.548. The Morgan fingerprint density at radius 2 is 1.59 bits per heavy atom. The van der Waals surface area contributed by atoms with E-state index in [1.54, 1.807) is 0 Å². The molecule has 1 heterocycles. The number of rotatable bonds is 6. The smallest absolute Gasteiger partial charge is 0.127 e. The zero-order valence-electron chi connectivity index (χ0n) is 17.4. The molecule has 0 aromatic heterocycles. The summed E-state index contributed by atoms with van der Waals surface area (Å²) in [7, 11) is 0. The van der Waals surface area contributed by atoms with E-state index in [9.17, 15) is 0 Å². The monoisotopic (exact) mass is 386 g/mol. The molecule has 3 nitrogen and oxygen atoms in total. The highest BCUT2D eigenvalue weighted by Crippen LogP contribution is 2.24. The van der Waals surface area contributed by atoms with Crippen LogP contribution in [0.1, 0.15) is 29.5 Å². The Hall–Kier alpha value is -2.78. The van der Waals surface area contributed by atoms with Gasteiger partial charge in [0.05, 0.1) is 0 Å². The van der Waals surface area contributed by atoms with Crippen LogP contribution in [0.2, 0.25) is 0 Å². The van der Waals surface area contributed by atoms with Gasteiger partial charge in [-0.1, -0.05) is 36.4 Å². The van der Waals surface area contributed by atoms with Gasteiger partial charge in [-0.2, -0.15) is 0 Å². The zero-order chi connectivity index (χ0) is 20.1. The Labute approximate surface area is 174 Å². The Morgan fingerprint density at radius 1 is 0.828 bits per heavy atom. The molecule has 1 saturated heterocycles. The minimum atomic E-state index is 0.557. The van der Waals surface area contributed by atoms with E-state index >= 15 is 0 Å². The maximum Gasteiger partial charge on any atom is 0.127 e. The van der Waals surface area contributed by atoms with Crippen molar-refractivity contribution in [2.24, 2.45) is 0 Å². The largest absolute Gasteiger partial charge is 0.457 e. The van der Waals surface area contributed by atoms with Gasteiger partial charge in [-0.25, -0.2) is 0 Å². The average molecular weight is 387 g/mol. The van der Waals surface area contributed by atoms with E-state index in [0.29, 0.717) is 6.04 Å². The van der Waals surface area contributed by atoms with Crippen LogP contribution < -0.4 is 10.1 Å². The zero-order valence-corrected chi connectivity index (χ0v) is 17.4. The summed E-state index contributed by atoms with van der Waals surface area (Å²) in [5, 5.41) is 3.72. The number of anilines is 1. The fourth-order valence-electron chi connectivity index (χ4n) is 3.89. The molecule has 1 aliphatic rings. The molecule has 3 aromatic rings. The average Bonchev–Trinajstić information content (AvgIpc) is 2.73. The molecule has 150 valence electrons. The number of likely N-dealkylation sites (tertiary alicyclic amines) is 1. The molecular formula is C26H30N2O. The maximum atomic E-state index is 5.98. The Kier molecular flexibility index (Phi) is 6.16. The van der Waals surface area contributed by atoms with Gasteiger partial charge in [0.25, 0.3) is 0 Å². The number of para-hydroxylation sites is 1. The molecule has 0 saturated carbocycles. The topological polar surface area (TPSA) is 24.5 Å². The van der Waals surface area contributed by atoms with Crippen LogP contribution >= 0.6 is 0 Å². The van der Waals surface area contributed by atoms with Crippen LogP contribution in [0.5, 0.6) is 11.5 Å². The van der Waals surface area contributed by atoms with Crippen molar-refractivity contribution in [3.05, 3.63) is 89.5 Å². The molecule has 0 unspecified atom stereocenters. The third kappa shape index (κ3) is 5.39. The van der Waals surface area contributed by atoms with Gasteiger partial charge in [0.1, 0.15) is 11.5 Å². The predicted molar refractivity (Wildman–Crippen MR) is 121 cm³/mol. The van der Waals surface area contributed by atoms with Gasteiger partial charge in [0.2, 0.25) is 0 Å². The van der Waals surface area contributed by atoms with E-state index in [-0.39, 0.29) is 0 Å². The van der Waals surface area contributed by atoms with Crippen molar-refractivity contribution in [3.8, 4) is 11.5 Å². The summed E-state index contributed by atoms with van der Waals surface area (Å²) < 4.78 is 5.98. The first-order valence-electron chi connectivity index (χ1n) is 10.5. The SMILES string of the molecule is Cc1ccc(NC2CCN(Cc3cccc(Oc4ccccc4)c3)CC2)cc1C. The summed E-state index contributed by atoms with van der Waals surface area (Å²) in [6.07, 6.45) is 2.35. The van der Waals surface area contributed by atoms with Gasteiger partial charge in [-0.15, -0.1) is 0 Å². The summed E-state index contributed by atoms with van der Waals surface area (Å²) in [5.41, 5.74) is 5.25. The summed E-state index contributed by atoms with van der Waals surface area (Å²) in [6.45, 7) is 7.55. The van der Waals surface area contributed by atoms with Gasteiger partial charge in [-0.05, 0) is 79.8 Å². The van der Waals surface area contributed by atoms with Gasteiger partial charge in [-0.3, -0.25) is 4.90 Å². The number of aryl methyl sites for hydroxylation is 2. The highest BCUT2D eigenvalue weighted by atomic mass is 16.5. The van der Waals surface area contributed by atoms with Crippen molar-refractivity contribution >= 4 is 5.69 Å². The predicted octanol–water partition coefficient (Wildman–Crippen LogP) is 6.17. The van der Waals surface area contributed by atoms with Crippen LogP contribution in [0.15, 0.2) is 72.8 Å². The van der Waals surface area contributed by atoms with Crippen LogP contribution in [0.4, 0.5) is 5.69 Å². The number of ether oxygens (including phenoxy) is 1. The maximum absolute atomic E-state index is 5.98. The van der Waals surface area contributed by atoms with E-state index in [2.05, 4.69) is 60.5 Å². The Morgan fingerprint density at radius 3 is 2.34 bits per heavy atom. The molecule has 1 fully saturated rings. The van der Waals surface area contributed by atoms with Crippen molar-refractivity contribution in [2.45, 2.75) is 39.3 Å². The molecule has 1 N–H and O–H groups in total. The van der Waals surface area contributed by atoms with E-state index in [1.807, 2.05) is 36.4 Å². The Bertz CT molecular complexity index is 930. The number of piperidine rings is 1. The minimum Gasteiger partial charge on any atom is -0.457 e. The molecular weight excluding hydrogens is 356 g/mol. The van der Waals surface area contributed by atoms with E-state index in [1.165, 1.54) is 35.2 Å². The van der Waals surface area contributed by atoms with Crippen LogP contribution in [-0.2, 0) is 6.54 Å². The van der Waals surface area contributed by atoms with Crippen molar-refractivity contribution in [1.82, 2.24) is 4.90 Å². The molecule has 0 atom stereocenters. The summed E-state index contributed by atoms with van der Waals surface area (Å²) >= 11 is 0. The van der Waals surface area contributed by atoms with Crippen molar-refractivity contribution in [1.29, 1.82) is 0 Å². The number of benzene rings is 3. The molecule has 1 aliphatic heterocycles. The number of hydrogen-bond acceptors (Lipinski definition) is 3. The molecule has 0 aliphatic carbocycles. The van der Waals surface area contributed by atoms with E-state index in [0.717, 1.165) is 31.1 Å². The fraction of sp³-hybridized carbons (Fsp3) is 0.308. The molecule has 3 aromatic carbocycles. The third-order valence-electron chi connectivity index (χ3n) is 5.75. The lowest BCUT2D eigenvalue weighted by Crippen LogP contribution is -2.38. The standard InChI is InChI=1S/C26H30N2O/c1-20-11-12-24(17-21(20)2)27-23-13-15-28(16-14-23)19-22-7-6-10-26(18-22)29-25-8-4-3-5-9-25/h3-12,17-18,23,27H,13-16,19H2,1-2H3. The van der Waals surface area contributed by atoms with Gasteiger partial charge in [0.15, 0.2) is 0 Å². The van der Waals surface area contributed by atoms with Crippen LogP contribution in [0.25, 0.3) is 0 Å². The molecule has 0 bridgehead atoms. The third-order valence-corrected chi connectivity index (χ3v) is 5.75. The molecule has 4 rings (SSSR count). The van der Waals surface area contributed by atoms with Crippen molar-refractivity contribution in [2.75, 3.05) is 18.4 Å². The van der Waals surface area contributed by atoms with Gasteiger partial charge >= 0.3 is 0 Å². The molecule has 29 heavy (non-hydrogen) atoms. The first kappa shape index (κ1) is 19.5. The summed E-state index contributed by atoms with van der Waals surface area (Å²) in [6, 6.07) is 25.7. The molecule has 3 heteroatoms. The van der Waals surface area contributed by atoms with Crippen molar-refractivity contribution in [3.63, 3.8) is 0 Å². The van der Waals surface area contributed by atoms with Crippen LogP contribution in [0, 0.1) is 13.8 Å². The van der Waals surface area contributed by atoms with Gasteiger partial charge in [0, 0.05) is 31.4 Å². The number of nitrogens with one attached hydrogen (secondary N) is 1. The first-order chi connectivity index (χ1) is 14.2. The molecule has 0 spiro atoms. The van der Waals surface area contributed by atoms with Gasteiger partial charge < -0.3 is 10.1 Å². The minimum absolute atomic E-state index is 0.557. The second-order valence-electron chi connectivity index (χ2n) is 8.06. The Balaban J connectivity index is 1.29. The lowest BCUT2D eigenvalue weighted by Gasteiger charge is -2.33. The highest BCUT2D eigenvalue weighted by Gasteiger charge is 2.19. The second kappa shape index (κ2) is 9.15. The lowest BCUT2D eigenvalue weighted by atomic mass is 10.0. The number of nitrogens with zero attached hydrogens (tertiary/aromatic N) is 1.